The number of rotatable bonds is 7. The van der Waals surface area contributed by atoms with Crippen LogP contribution in [0.4, 0.5) is 0 Å². The van der Waals surface area contributed by atoms with Crippen molar-refractivity contribution < 1.29 is 23.5 Å². The summed E-state index contributed by atoms with van der Waals surface area (Å²) in [6.07, 6.45) is 0.413. The van der Waals surface area contributed by atoms with Crippen LogP contribution in [-0.4, -0.2) is 17.4 Å². The van der Waals surface area contributed by atoms with Gasteiger partial charge in [0.15, 0.2) is 0 Å². The summed E-state index contributed by atoms with van der Waals surface area (Å²) in [5.74, 6) is 0.781. The van der Waals surface area contributed by atoms with Crippen LogP contribution in [0.15, 0.2) is 54.6 Å². The van der Waals surface area contributed by atoms with Gasteiger partial charge in [0.25, 0.3) is 0 Å². The van der Waals surface area contributed by atoms with Crippen molar-refractivity contribution in [3.8, 4) is 11.5 Å². The first-order valence-corrected chi connectivity index (χ1v) is 8.60. The molecule has 7 heteroatoms. The molecule has 2 N–H and O–H groups in total. The maximum atomic E-state index is 11.5. The molecule has 0 saturated carbocycles. The van der Waals surface area contributed by atoms with Gasteiger partial charge in [0.05, 0.1) is 6.61 Å². The Hall–Kier alpha value is -2.14. The van der Waals surface area contributed by atoms with Crippen molar-refractivity contribution in [2.75, 3.05) is 6.61 Å². The third-order valence-electron chi connectivity index (χ3n) is 2.83. The predicted molar refractivity (Wildman–Crippen MR) is 86.3 cm³/mol. The fourth-order valence-corrected chi connectivity index (χ4v) is 2.71. The summed E-state index contributed by atoms with van der Waals surface area (Å²) in [6.45, 7) is 1.15. The fourth-order valence-electron chi connectivity index (χ4n) is 1.91. The van der Waals surface area contributed by atoms with Crippen molar-refractivity contribution in [1.29, 1.82) is 0 Å². The second kappa shape index (κ2) is 7.92. The summed E-state index contributed by atoms with van der Waals surface area (Å²) in [4.78, 5) is 20.2. The van der Waals surface area contributed by atoms with Crippen molar-refractivity contribution in [3.63, 3.8) is 0 Å². The van der Waals surface area contributed by atoms with Gasteiger partial charge in [-0.15, -0.1) is 0 Å². The van der Waals surface area contributed by atoms with E-state index in [4.69, 9.17) is 9.26 Å². The summed E-state index contributed by atoms with van der Waals surface area (Å²) >= 11 is 0. The quantitative estimate of drug-likeness (QED) is 0.759. The lowest BCUT2D eigenvalue weighted by atomic mass is 10.1. The van der Waals surface area contributed by atoms with E-state index in [0.29, 0.717) is 12.2 Å². The molecular weight excluding hydrogens is 317 g/mol. The Labute approximate surface area is 134 Å². The number of carbonyl (C=O) groups excluding carboxylic acids is 1. The number of hydrogen-bond acceptors (Lipinski definition) is 4. The van der Waals surface area contributed by atoms with Gasteiger partial charge in [-0.25, -0.2) is 4.57 Å². The van der Waals surface area contributed by atoms with E-state index >= 15 is 0 Å². The first kappa shape index (κ1) is 17.2. The molecule has 0 bridgehead atoms. The lowest BCUT2D eigenvalue weighted by molar-refractivity contribution is -0.117. The normalized spacial score (nSPS) is 13.1. The molecular formula is C16H18NO5P. The Morgan fingerprint density at radius 1 is 1.13 bits per heavy atom. The van der Waals surface area contributed by atoms with Gasteiger partial charge in [0.1, 0.15) is 11.5 Å². The molecule has 1 unspecified atom stereocenters. The zero-order valence-corrected chi connectivity index (χ0v) is 13.5. The van der Waals surface area contributed by atoms with E-state index in [2.05, 4.69) is 0 Å². The van der Waals surface area contributed by atoms with Crippen LogP contribution >= 0.6 is 7.75 Å². The summed E-state index contributed by atoms with van der Waals surface area (Å²) in [7, 11) is -4.08. The molecule has 0 aromatic heterocycles. The number of hydrogen-bond donors (Lipinski definition) is 2. The summed E-state index contributed by atoms with van der Waals surface area (Å²) in [5, 5.41) is 1.87. The van der Waals surface area contributed by atoms with E-state index in [1.165, 1.54) is 0 Å². The van der Waals surface area contributed by atoms with E-state index < -0.39 is 13.7 Å². The number of carbonyl (C=O) groups is 1. The first-order chi connectivity index (χ1) is 10.9. The molecule has 0 aliphatic heterocycles. The second-order valence-corrected chi connectivity index (χ2v) is 6.36. The molecule has 0 fully saturated rings. The Kier molecular flexibility index (Phi) is 5.93. The zero-order chi connectivity index (χ0) is 16.7. The lowest BCUT2D eigenvalue weighted by Crippen LogP contribution is -2.18. The summed E-state index contributed by atoms with van der Waals surface area (Å²) < 4.78 is 22.1. The van der Waals surface area contributed by atoms with Gasteiger partial charge in [0.2, 0.25) is 5.91 Å². The SMILES string of the molecule is CC(=O)NP(=O)(O)OCCc1cccc(Oc2ccccc2)c1. The summed E-state index contributed by atoms with van der Waals surface area (Å²) in [5.41, 5.74) is 0.890. The maximum absolute atomic E-state index is 11.5. The molecule has 6 nitrogen and oxygen atoms in total. The van der Waals surface area contributed by atoms with Gasteiger partial charge < -0.3 is 9.63 Å². The van der Waals surface area contributed by atoms with Crippen LogP contribution in [0.1, 0.15) is 12.5 Å². The fraction of sp³-hybridized carbons (Fsp3) is 0.188. The minimum Gasteiger partial charge on any atom is -0.457 e. The van der Waals surface area contributed by atoms with Crippen LogP contribution in [0.3, 0.4) is 0 Å². The minimum absolute atomic E-state index is 0.00283. The van der Waals surface area contributed by atoms with Crippen LogP contribution < -0.4 is 9.82 Å². The van der Waals surface area contributed by atoms with Gasteiger partial charge in [-0.1, -0.05) is 30.3 Å². The Morgan fingerprint density at radius 3 is 2.52 bits per heavy atom. The van der Waals surface area contributed by atoms with Crippen molar-refractivity contribution in [2.45, 2.75) is 13.3 Å². The van der Waals surface area contributed by atoms with Crippen molar-refractivity contribution in [3.05, 3.63) is 60.2 Å². The molecule has 0 radical (unpaired) electrons. The zero-order valence-electron chi connectivity index (χ0n) is 12.6. The van der Waals surface area contributed by atoms with Crippen LogP contribution in [-0.2, 0) is 20.3 Å². The maximum Gasteiger partial charge on any atom is 0.432 e. The molecule has 2 aromatic carbocycles. The highest BCUT2D eigenvalue weighted by Crippen LogP contribution is 2.36. The first-order valence-electron chi connectivity index (χ1n) is 7.03. The molecule has 2 rings (SSSR count). The smallest absolute Gasteiger partial charge is 0.432 e. The third-order valence-corrected chi connectivity index (χ3v) is 3.96. The number of ether oxygens (including phenoxy) is 1. The molecule has 1 amide bonds. The van der Waals surface area contributed by atoms with E-state index in [9.17, 15) is 14.3 Å². The molecule has 0 spiro atoms. The van der Waals surface area contributed by atoms with Gasteiger partial charge in [-0.2, -0.15) is 0 Å². The molecule has 0 heterocycles. The number of nitrogens with one attached hydrogen (secondary N) is 1. The monoisotopic (exact) mass is 335 g/mol. The average Bonchev–Trinajstić information content (AvgIpc) is 2.47. The van der Waals surface area contributed by atoms with Crippen LogP contribution in [0.5, 0.6) is 11.5 Å². The number of para-hydroxylation sites is 1. The van der Waals surface area contributed by atoms with E-state index in [1.54, 1.807) is 0 Å². The van der Waals surface area contributed by atoms with E-state index in [-0.39, 0.29) is 6.61 Å². The topological polar surface area (TPSA) is 84.9 Å². The van der Waals surface area contributed by atoms with Crippen molar-refractivity contribution >= 4 is 13.7 Å². The highest BCUT2D eigenvalue weighted by Gasteiger charge is 2.20. The number of amides is 1. The molecule has 0 aliphatic rings. The van der Waals surface area contributed by atoms with Gasteiger partial charge in [0, 0.05) is 6.92 Å². The molecule has 0 aliphatic carbocycles. The number of benzene rings is 2. The predicted octanol–water partition coefficient (Wildman–Crippen LogP) is 3.27. The largest absolute Gasteiger partial charge is 0.457 e. The van der Waals surface area contributed by atoms with Gasteiger partial charge in [-0.3, -0.25) is 14.4 Å². The van der Waals surface area contributed by atoms with Crippen molar-refractivity contribution in [1.82, 2.24) is 5.09 Å². The second-order valence-electron chi connectivity index (χ2n) is 4.83. The average molecular weight is 335 g/mol. The van der Waals surface area contributed by atoms with Gasteiger partial charge in [-0.05, 0) is 36.2 Å². The molecule has 23 heavy (non-hydrogen) atoms. The van der Waals surface area contributed by atoms with E-state index in [0.717, 1.165) is 18.2 Å². The Bertz CT molecular complexity index is 705. The highest BCUT2D eigenvalue weighted by molar-refractivity contribution is 7.51. The van der Waals surface area contributed by atoms with Crippen molar-refractivity contribution in [2.24, 2.45) is 0 Å². The molecule has 2 aromatic rings. The summed E-state index contributed by atoms with van der Waals surface area (Å²) in [6, 6.07) is 16.7. The van der Waals surface area contributed by atoms with Gasteiger partial charge >= 0.3 is 7.75 Å². The van der Waals surface area contributed by atoms with Crippen LogP contribution in [0.2, 0.25) is 0 Å². The standard InChI is InChI=1S/C16H18NO5P/c1-13(18)17-23(19,20)21-11-10-14-6-5-9-16(12-14)22-15-7-3-2-4-8-15/h2-9,12H,10-11H2,1H3,(H2,17,18,19,20). The molecule has 122 valence electrons. The molecule has 0 saturated heterocycles. The lowest BCUT2D eigenvalue weighted by Gasteiger charge is -2.12. The van der Waals surface area contributed by atoms with Crippen LogP contribution in [0, 0.1) is 0 Å². The highest BCUT2D eigenvalue weighted by atomic mass is 31.2. The Morgan fingerprint density at radius 2 is 1.83 bits per heavy atom. The minimum atomic E-state index is -4.08. The Balaban J connectivity index is 1.90. The van der Waals surface area contributed by atoms with E-state index in [1.807, 2.05) is 59.7 Å². The molecule has 1 atom stereocenters. The van der Waals surface area contributed by atoms with Crippen LogP contribution in [0.25, 0.3) is 0 Å². The third kappa shape index (κ3) is 6.24.